The molecule has 3 nitrogen and oxygen atoms in total. The first-order chi connectivity index (χ1) is 9.09. The molecule has 100 valence electrons. The van der Waals surface area contributed by atoms with E-state index in [1.54, 1.807) is 22.9 Å². The van der Waals surface area contributed by atoms with Crippen molar-refractivity contribution < 1.29 is 4.74 Å². The number of hydrogen-bond donors (Lipinski definition) is 0. The standard InChI is InChI=1S/C16H19NO2/c1-16(2,17-11-7-6-10-15(17)18)13-19-12-14-8-4-3-5-9-14/h3-11H,12-13H2,1-2H3. The quantitative estimate of drug-likeness (QED) is 0.824. The van der Waals surface area contributed by atoms with Crippen molar-refractivity contribution in [3.63, 3.8) is 0 Å². The van der Waals surface area contributed by atoms with Crippen molar-refractivity contribution in [1.29, 1.82) is 0 Å². The molecule has 0 atom stereocenters. The van der Waals surface area contributed by atoms with Crippen molar-refractivity contribution in [2.24, 2.45) is 0 Å². The fourth-order valence-corrected chi connectivity index (χ4v) is 1.99. The minimum absolute atomic E-state index is 0.00388. The number of aromatic nitrogens is 1. The Bertz CT molecular complexity index is 573. The van der Waals surface area contributed by atoms with Crippen LogP contribution in [0.4, 0.5) is 0 Å². The van der Waals surface area contributed by atoms with Gasteiger partial charge in [0.05, 0.1) is 18.8 Å². The van der Waals surface area contributed by atoms with Crippen LogP contribution in [0.2, 0.25) is 0 Å². The topological polar surface area (TPSA) is 31.2 Å². The van der Waals surface area contributed by atoms with Crippen LogP contribution in [-0.4, -0.2) is 11.2 Å². The molecule has 1 heterocycles. The summed E-state index contributed by atoms with van der Waals surface area (Å²) < 4.78 is 7.44. The molecule has 0 amide bonds. The SMILES string of the molecule is CC(C)(COCc1ccccc1)n1ccccc1=O. The van der Waals surface area contributed by atoms with Crippen LogP contribution in [0.25, 0.3) is 0 Å². The second kappa shape index (κ2) is 5.85. The van der Waals surface area contributed by atoms with Crippen LogP contribution in [-0.2, 0) is 16.9 Å². The smallest absolute Gasteiger partial charge is 0.251 e. The van der Waals surface area contributed by atoms with Gasteiger partial charge >= 0.3 is 0 Å². The highest BCUT2D eigenvalue weighted by molar-refractivity contribution is 5.13. The van der Waals surface area contributed by atoms with Gasteiger partial charge in [-0.2, -0.15) is 0 Å². The molecular formula is C16H19NO2. The van der Waals surface area contributed by atoms with Crippen molar-refractivity contribution in [2.75, 3.05) is 6.61 Å². The van der Waals surface area contributed by atoms with E-state index in [0.29, 0.717) is 13.2 Å². The monoisotopic (exact) mass is 257 g/mol. The third kappa shape index (κ3) is 3.55. The van der Waals surface area contributed by atoms with E-state index < -0.39 is 0 Å². The van der Waals surface area contributed by atoms with Gasteiger partial charge in [-0.25, -0.2) is 0 Å². The van der Waals surface area contributed by atoms with Crippen molar-refractivity contribution in [2.45, 2.75) is 26.0 Å². The lowest BCUT2D eigenvalue weighted by molar-refractivity contribution is 0.0546. The van der Waals surface area contributed by atoms with Crippen LogP contribution >= 0.6 is 0 Å². The molecular weight excluding hydrogens is 238 g/mol. The Balaban J connectivity index is 1.99. The summed E-state index contributed by atoms with van der Waals surface area (Å²) in [6, 6.07) is 15.2. The second-order valence-electron chi connectivity index (χ2n) is 5.20. The van der Waals surface area contributed by atoms with E-state index >= 15 is 0 Å². The molecule has 0 N–H and O–H groups in total. The number of hydrogen-bond acceptors (Lipinski definition) is 2. The molecule has 19 heavy (non-hydrogen) atoms. The van der Waals surface area contributed by atoms with E-state index in [9.17, 15) is 4.79 Å². The summed E-state index contributed by atoms with van der Waals surface area (Å²) >= 11 is 0. The zero-order chi connectivity index (χ0) is 13.7. The van der Waals surface area contributed by atoms with Gasteiger partial charge in [0, 0.05) is 12.3 Å². The Labute approximate surface area is 113 Å². The third-order valence-electron chi connectivity index (χ3n) is 3.04. The average Bonchev–Trinajstić information content (AvgIpc) is 2.40. The molecule has 3 heteroatoms. The van der Waals surface area contributed by atoms with E-state index in [4.69, 9.17) is 4.74 Å². The predicted octanol–water partition coefficient (Wildman–Crippen LogP) is 2.80. The summed E-state index contributed by atoms with van der Waals surface area (Å²) in [4.78, 5) is 11.8. The fraction of sp³-hybridized carbons (Fsp3) is 0.312. The normalized spacial score (nSPS) is 11.5. The number of rotatable bonds is 5. The summed E-state index contributed by atoms with van der Waals surface area (Å²) in [5, 5.41) is 0. The molecule has 2 rings (SSSR count). The molecule has 0 bridgehead atoms. The van der Waals surface area contributed by atoms with E-state index in [1.807, 2.05) is 50.2 Å². The van der Waals surface area contributed by atoms with Crippen LogP contribution in [0, 0.1) is 0 Å². The van der Waals surface area contributed by atoms with Gasteiger partial charge in [-0.15, -0.1) is 0 Å². The fourth-order valence-electron chi connectivity index (χ4n) is 1.99. The molecule has 2 aromatic rings. The highest BCUT2D eigenvalue weighted by atomic mass is 16.5. The summed E-state index contributed by atoms with van der Waals surface area (Å²) in [6.45, 7) is 5.05. The van der Waals surface area contributed by atoms with Crippen LogP contribution in [0.5, 0.6) is 0 Å². The van der Waals surface area contributed by atoms with E-state index in [2.05, 4.69) is 0 Å². The number of ether oxygens (including phenoxy) is 1. The highest BCUT2D eigenvalue weighted by Gasteiger charge is 2.21. The third-order valence-corrected chi connectivity index (χ3v) is 3.04. The van der Waals surface area contributed by atoms with Crippen molar-refractivity contribution >= 4 is 0 Å². The van der Waals surface area contributed by atoms with Crippen LogP contribution in [0.3, 0.4) is 0 Å². The maximum atomic E-state index is 11.8. The Morgan fingerprint density at radius 2 is 1.74 bits per heavy atom. The minimum Gasteiger partial charge on any atom is -0.374 e. The summed E-state index contributed by atoms with van der Waals surface area (Å²) in [5.41, 5.74) is 0.780. The number of nitrogens with zero attached hydrogens (tertiary/aromatic N) is 1. The van der Waals surface area contributed by atoms with Crippen LogP contribution in [0.1, 0.15) is 19.4 Å². The lowest BCUT2D eigenvalue weighted by atomic mass is 10.1. The van der Waals surface area contributed by atoms with Gasteiger partial charge in [0.1, 0.15) is 0 Å². The maximum Gasteiger partial charge on any atom is 0.251 e. The molecule has 0 fully saturated rings. The molecule has 0 radical (unpaired) electrons. The molecule has 1 aromatic heterocycles. The van der Waals surface area contributed by atoms with E-state index in [1.165, 1.54) is 0 Å². The largest absolute Gasteiger partial charge is 0.374 e. The van der Waals surface area contributed by atoms with Crippen molar-refractivity contribution in [1.82, 2.24) is 4.57 Å². The summed E-state index contributed by atoms with van der Waals surface area (Å²) in [7, 11) is 0. The van der Waals surface area contributed by atoms with Gasteiger partial charge in [-0.05, 0) is 25.5 Å². The van der Waals surface area contributed by atoms with Gasteiger partial charge in [-0.1, -0.05) is 36.4 Å². The second-order valence-corrected chi connectivity index (χ2v) is 5.20. The lowest BCUT2D eigenvalue weighted by Gasteiger charge is -2.27. The van der Waals surface area contributed by atoms with Crippen LogP contribution < -0.4 is 5.56 Å². The molecule has 0 aliphatic rings. The maximum absolute atomic E-state index is 11.8. The number of pyridine rings is 1. The number of benzene rings is 1. The van der Waals surface area contributed by atoms with E-state index in [-0.39, 0.29) is 11.1 Å². The average molecular weight is 257 g/mol. The summed E-state index contributed by atoms with van der Waals surface area (Å²) in [5.74, 6) is 0. The van der Waals surface area contributed by atoms with Gasteiger partial charge in [0.15, 0.2) is 0 Å². The molecule has 0 aliphatic heterocycles. The zero-order valence-electron chi connectivity index (χ0n) is 11.4. The molecule has 0 saturated carbocycles. The Kier molecular flexibility index (Phi) is 4.17. The van der Waals surface area contributed by atoms with Gasteiger partial charge in [-0.3, -0.25) is 4.79 Å². The van der Waals surface area contributed by atoms with Crippen LogP contribution in [0.15, 0.2) is 59.5 Å². The first-order valence-electron chi connectivity index (χ1n) is 6.39. The molecule has 0 spiro atoms. The highest BCUT2D eigenvalue weighted by Crippen LogP contribution is 2.14. The Morgan fingerprint density at radius 1 is 1.05 bits per heavy atom. The van der Waals surface area contributed by atoms with Gasteiger partial charge in [0.25, 0.3) is 5.56 Å². The molecule has 1 aromatic carbocycles. The summed E-state index contributed by atoms with van der Waals surface area (Å²) in [6.07, 6.45) is 1.80. The van der Waals surface area contributed by atoms with Crippen molar-refractivity contribution in [3.8, 4) is 0 Å². The van der Waals surface area contributed by atoms with E-state index in [0.717, 1.165) is 5.56 Å². The predicted molar refractivity (Wildman–Crippen MR) is 76.1 cm³/mol. The zero-order valence-corrected chi connectivity index (χ0v) is 11.4. The first-order valence-corrected chi connectivity index (χ1v) is 6.39. The minimum atomic E-state index is -0.354. The van der Waals surface area contributed by atoms with Gasteiger partial charge < -0.3 is 9.30 Å². The molecule has 0 aliphatic carbocycles. The Hall–Kier alpha value is -1.87. The first kappa shape index (κ1) is 13.6. The molecule has 0 unspecified atom stereocenters. The lowest BCUT2D eigenvalue weighted by Crippen LogP contribution is -2.39. The Morgan fingerprint density at radius 3 is 2.42 bits per heavy atom. The molecule has 0 saturated heterocycles. The van der Waals surface area contributed by atoms with Gasteiger partial charge in [0.2, 0.25) is 0 Å². The van der Waals surface area contributed by atoms with Crippen molar-refractivity contribution in [3.05, 3.63) is 70.6 Å².